The standard InChI is InChI=1S/C10H11ClO2S/c1-14(12,13)10-6-9(10)7-2-4-8(11)5-3-7/h2-5,9-10H,6H2,1H3/t9-,10+/m0/s1. The third kappa shape index (κ3) is 1.93. The van der Waals surface area contributed by atoms with Crippen LogP contribution in [0.3, 0.4) is 0 Å². The summed E-state index contributed by atoms with van der Waals surface area (Å²) < 4.78 is 22.4. The van der Waals surface area contributed by atoms with Crippen molar-refractivity contribution in [1.82, 2.24) is 0 Å². The Bertz CT molecular complexity index is 436. The highest BCUT2D eigenvalue weighted by Crippen LogP contribution is 2.45. The molecule has 1 saturated carbocycles. The van der Waals surface area contributed by atoms with Crippen molar-refractivity contribution < 1.29 is 8.42 Å². The highest BCUT2D eigenvalue weighted by molar-refractivity contribution is 7.91. The van der Waals surface area contributed by atoms with Crippen molar-refractivity contribution in [3.8, 4) is 0 Å². The van der Waals surface area contributed by atoms with Crippen LogP contribution in [-0.4, -0.2) is 19.9 Å². The van der Waals surface area contributed by atoms with Gasteiger partial charge in [-0.05, 0) is 24.1 Å². The first-order valence-corrected chi connectivity index (χ1v) is 6.76. The quantitative estimate of drug-likeness (QED) is 0.781. The van der Waals surface area contributed by atoms with Gasteiger partial charge in [0.15, 0.2) is 9.84 Å². The molecule has 0 saturated heterocycles. The number of rotatable bonds is 2. The zero-order chi connectivity index (χ0) is 10.3. The highest BCUT2D eigenvalue weighted by atomic mass is 35.5. The zero-order valence-electron chi connectivity index (χ0n) is 7.77. The Labute approximate surface area is 88.8 Å². The van der Waals surface area contributed by atoms with Crippen LogP contribution in [0.15, 0.2) is 24.3 Å². The second-order valence-corrected chi connectivity index (χ2v) is 6.46. The maximum atomic E-state index is 11.2. The zero-order valence-corrected chi connectivity index (χ0v) is 9.35. The van der Waals surface area contributed by atoms with Crippen molar-refractivity contribution in [3.05, 3.63) is 34.9 Å². The van der Waals surface area contributed by atoms with E-state index in [-0.39, 0.29) is 11.2 Å². The van der Waals surface area contributed by atoms with Gasteiger partial charge in [0.1, 0.15) is 0 Å². The van der Waals surface area contributed by atoms with Crippen LogP contribution in [0.4, 0.5) is 0 Å². The largest absolute Gasteiger partial charge is 0.229 e. The summed E-state index contributed by atoms with van der Waals surface area (Å²) in [5, 5.41) is 0.508. The third-order valence-electron chi connectivity index (χ3n) is 2.58. The lowest BCUT2D eigenvalue weighted by Crippen LogP contribution is -2.04. The van der Waals surface area contributed by atoms with E-state index in [1.54, 1.807) is 12.1 Å². The molecule has 0 amide bonds. The fourth-order valence-corrected chi connectivity index (χ4v) is 3.14. The van der Waals surface area contributed by atoms with Gasteiger partial charge >= 0.3 is 0 Å². The lowest BCUT2D eigenvalue weighted by molar-refractivity contribution is 0.600. The first-order valence-electron chi connectivity index (χ1n) is 4.43. The number of hydrogen-bond acceptors (Lipinski definition) is 2. The molecule has 2 nitrogen and oxygen atoms in total. The predicted molar refractivity (Wildman–Crippen MR) is 57.4 cm³/mol. The molecule has 0 aromatic heterocycles. The van der Waals surface area contributed by atoms with Crippen LogP contribution in [0.5, 0.6) is 0 Å². The summed E-state index contributed by atoms with van der Waals surface area (Å²) in [5.74, 6) is 0.183. The van der Waals surface area contributed by atoms with Gasteiger partial charge in [-0.3, -0.25) is 0 Å². The molecule has 2 rings (SSSR count). The molecular formula is C10H11ClO2S. The third-order valence-corrected chi connectivity index (χ3v) is 4.45. The van der Waals surface area contributed by atoms with Crippen LogP contribution >= 0.6 is 11.6 Å². The molecule has 0 radical (unpaired) electrons. The van der Waals surface area contributed by atoms with Crippen molar-refractivity contribution in [2.24, 2.45) is 0 Å². The molecule has 1 fully saturated rings. The summed E-state index contributed by atoms with van der Waals surface area (Å²) in [7, 11) is -2.87. The summed E-state index contributed by atoms with van der Waals surface area (Å²) in [4.78, 5) is 0. The summed E-state index contributed by atoms with van der Waals surface area (Å²) in [6, 6.07) is 7.40. The topological polar surface area (TPSA) is 34.1 Å². The van der Waals surface area contributed by atoms with Crippen molar-refractivity contribution in [2.45, 2.75) is 17.6 Å². The summed E-state index contributed by atoms with van der Waals surface area (Å²) in [5.41, 5.74) is 1.07. The Morgan fingerprint density at radius 2 is 1.86 bits per heavy atom. The average Bonchev–Trinajstić information content (AvgIpc) is 2.83. The molecule has 1 aromatic carbocycles. The van der Waals surface area contributed by atoms with Gasteiger partial charge < -0.3 is 0 Å². The molecule has 0 spiro atoms. The molecule has 76 valence electrons. The minimum Gasteiger partial charge on any atom is -0.229 e. The molecule has 0 unspecified atom stereocenters. The molecule has 1 aliphatic rings. The second-order valence-electron chi connectivity index (χ2n) is 3.76. The molecular weight excluding hydrogens is 220 g/mol. The highest BCUT2D eigenvalue weighted by Gasteiger charge is 2.45. The molecule has 14 heavy (non-hydrogen) atoms. The number of benzene rings is 1. The molecule has 2 atom stereocenters. The van der Waals surface area contributed by atoms with Gasteiger partial charge in [-0.2, -0.15) is 0 Å². The van der Waals surface area contributed by atoms with E-state index in [9.17, 15) is 8.42 Å². The predicted octanol–water partition coefficient (Wildman–Crippen LogP) is 2.24. The summed E-state index contributed by atoms with van der Waals surface area (Å²) in [6.45, 7) is 0. The van der Waals surface area contributed by atoms with Gasteiger partial charge in [0.05, 0.1) is 5.25 Å². The van der Waals surface area contributed by atoms with Crippen LogP contribution in [0.25, 0.3) is 0 Å². The molecule has 1 aliphatic carbocycles. The van der Waals surface area contributed by atoms with E-state index in [2.05, 4.69) is 0 Å². The first kappa shape index (κ1) is 9.99. The summed E-state index contributed by atoms with van der Waals surface area (Å²) in [6.07, 6.45) is 2.05. The molecule has 1 aromatic rings. The smallest absolute Gasteiger partial charge is 0.150 e. The van der Waals surface area contributed by atoms with E-state index >= 15 is 0 Å². The number of hydrogen-bond donors (Lipinski definition) is 0. The molecule has 0 N–H and O–H groups in total. The van der Waals surface area contributed by atoms with Gasteiger partial charge in [-0.1, -0.05) is 23.7 Å². The van der Waals surface area contributed by atoms with Crippen LogP contribution < -0.4 is 0 Å². The van der Waals surface area contributed by atoms with Crippen molar-refractivity contribution in [2.75, 3.05) is 6.26 Å². The SMILES string of the molecule is CS(=O)(=O)[C@@H]1C[C@H]1c1ccc(Cl)cc1. The fourth-order valence-electron chi connectivity index (χ4n) is 1.71. The minimum atomic E-state index is -2.87. The van der Waals surface area contributed by atoms with E-state index in [1.807, 2.05) is 12.1 Å². The first-order chi connectivity index (χ1) is 6.48. The van der Waals surface area contributed by atoms with E-state index < -0.39 is 9.84 Å². The maximum absolute atomic E-state index is 11.2. The Kier molecular flexibility index (Phi) is 2.32. The lowest BCUT2D eigenvalue weighted by atomic mass is 10.1. The maximum Gasteiger partial charge on any atom is 0.150 e. The van der Waals surface area contributed by atoms with Crippen LogP contribution in [0, 0.1) is 0 Å². The second kappa shape index (κ2) is 3.24. The fraction of sp³-hybridized carbons (Fsp3) is 0.400. The van der Waals surface area contributed by atoms with Crippen molar-refractivity contribution in [1.29, 1.82) is 0 Å². The summed E-state index contributed by atoms with van der Waals surface area (Å²) >= 11 is 5.74. The lowest BCUT2D eigenvalue weighted by Gasteiger charge is -1.99. The monoisotopic (exact) mass is 230 g/mol. The van der Waals surface area contributed by atoms with Gasteiger partial charge in [-0.15, -0.1) is 0 Å². The van der Waals surface area contributed by atoms with E-state index in [0.29, 0.717) is 5.02 Å². The van der Waals surface area contributed by atoms with Crippen molar-refractivity contribution >= 4 is 21.4 Å². The Morgan fingerprint density at radius 3 is 2.29 bits per heavy atom. The van der Waals surface area contributed by atoms with Crippen LogP contribution in [0.2, 0.25) is 5.02 Å². The van der Waals surface area contributed by atoms with E-state index in [1.165, 1.54) is 6.26 Å². The van der Waals surface area contributed by atoms with Gasteiger partial charge in [0.25, 0.3) is 0 Å². The molecule has 0 bridgehead atoms. The Balaban J connectivity index is 2.18. The van der Waals surface area contributed by atoms with Crippen LogP contribution in [0.1, 0.15) is 17.9 Å². The number of sulfone groups is 1. The van der Waals surface area contributed by atoms with Gasteiger partial charge in [-0.25, -0.2) is 8.42 Å². The van der Waals surface area contributed by atoms with Crippen molar-refractivity contribution in [3.63, 3.8) is 0 Å². The Hall–Kier alpha value is -0.540. The van der Waals surface area contributed by atoms with E-state index in [4.69, 9.17) is 11.6 Å². The van der Waals surface area contributed by atoms with Gasteiger partial charge in [0, 0.05) is 17.2 Å². The number of halogens is 1. The molecule has 4 heteroatoms. The molecule has 0 heterocycles. The minimum absolute atomic E-state index is 0.177. The average molecular weight is 231 g/mol. The van der Waals surface area contributed by atoms with Crippen LogP contribution in [-0.2, 0) is 9.84 Å². The normalized spacial score (nSPS) is 26.1. The molecule has 0 aliphatic heterocycles. The van der Waals surface area contributed by atoms with Gasteiger partial charge in [0.2, 0.25) is 0 Å². The Morgan fingerprint density at radius 1 is 1.29 bits per heavy atom. The van der Waals surface area contributed by atoms with E-state index in [0.717, 1.165) is 12.0 Å².